The molecule has 4 heteroatoms. The van der Waals surface area contributed by atoms with Gasteiger partial charge in [-0.3, -0.25) is 4.90 Å². The Kier molecular flexibility index (Phi) is 4.03. The minimum absolute atomic E-state index is 0.251. The Morgan fingerprint density at radius 2 is 1.90 bits per heavy atom. The molecule has 2 heterocycles. The van der Waals surface area contributed by atoms with Gasteiger partial charge < -0.3 is 10.0 Å². The number of β-amino-alcohol motifs (C(OH)–C–C–N with tert-alkyl or cyclic N) is 1. The van der Waals surface area contributed by atoms with E-state index in [-0.39, 0.29) is 6.61 Å². The maximum Gasteiger partial charge on any atom is 0.136 e. The number of aryl methyl sites for hydroxylation is 1. The molecule has 1 saturated heterocycles. The Morgan fingerprint density at radius 3 is 2.65 bits per heavy atom. The Balaban J connectivity index is 1.87. The van der Waals surface area contributed by atoms with Crippen molar-refractivity contribution in [3.05, 3.63) is 22.2 Å². The highest BCUT2D eigenvalue weighted by Crippen LogP contribution is 2.10. The van der Waals surface area contributed by atoms with Crippen LogP contribution in [0.4, 0.5) is 5.82 Å². The smallest absolute Gasteiger partial charge is 0.136 e. The van der Waals surface area contributed by atoms with Crippen LogP contribution >= 0.6 is 0 Å². The molecule has 1 aliphatic carbocycles. The molecule has 20 heavy (non-hydrogen) atoms. The van der Waals surface area contributed by atoms with Crippen molar-refractivity contribution in [1.29, 1.82) is 0 Å². The van der Waals surface area contributed by atoms with Gasteiger partial charge >= 0.3 is 0 Å². The quantitative estimate of drug-likeness (QED) is 0.832. The first-order valence-electron chi connectivity index (χ1n) is 7.54. The molecule has 1 aliphatic heterocycles. The number of nitrogens with zero attached hydrogens (tertiary/aromatic N) is 3. The molecule has 1 aromatic rings. The fourth-order valence-corrected chi connectivity index (χ4v) is 3.10. The molecule has 0 unspecified atom stereocenters. The van der Waals surface area contributed by atoms with E-state index in [4.69, 9.17) is 10.1 Å². The number of fused-ring (bicyclic) bond motifs is 1. The highest BCUT2D eigenvalue weighted by atomic mass is 16.3. The molecule has 0 aromatic carbocycles. The molecule has 2 aliphatic rings. The summed E-state index contributed by atoms with van der Waals surface area (Å²) in [4.78, 5) is 9.50. The molecule has 0 bridgehead atoms. The summed E-state index contributed by atoms with van der Waals surface area (Å²) in [7, 11) is 0. The molecule has 108 valence electrons. The van der Waals surface area contributed by atoms with Crippen LogP contribution in [0.3, 0.4) is 0 Å². The summed E-state index contributed by atoms with van der Waals surface area (Å²) in [5.74, 6) is 1.15. The van der Waals surface area contributed by atoms with Gasteiger partial charge in [-0.2, -0.15) is 0 Å². The molecule has 0 atom stereocenters. The Labute approximate surface area is 120 Å². The van der Waals surface area contributed by atoms with Gasteiger partial charge in [-0.1, -0.05) is 12.2 Å². The molecule has 0 spiro atoms. The maximum atomic E-state index is 9.02. The maximum absolute atomic E-state index is 9.02. The number of aliphatic hydroxyl groups is 1. The van der Waals surface area contributed by atoms with E-state index in [1.807, 2.05) is 0 Å². The number of aliphatic hydroxyl groups excluding tert-OH is 1. The van der Waals surface area contributed by atoms with E-state index >= 15 is 0 Å². The summed E-state index contributed by atoms with van der Waals surface area (Å²) in [5.41, 5.74) is 1.10. The third kappa shape index (κ3) is 2.72. The standard InChI is InChI=1S/C16H23N3O/c1-13-12-14-4-2-3-5-15(14)16(17-13)19-8-6-18(7-9-19)10-11-20/h4-5,12,20H,2-3,6-11H2,1H3. The molecule has 1 N–H and O–H groups in total. The van der Waals surface area contributed by atoms with Gasteiger partial charge in [-0.05, 0) is 31.1 Å². The lowest BCUT2D eigenvalue weighted by Crippen LogP contribution is -2.50. The molecular weight excluding hydrogens is 250 g/mol. The number of hydrogen-bond acceptors (Lipinski definition) is 4. The second-order valence-corrected chi connectivity index (χ2v) is 5.63. The van der Waals surface area contributed by atoms with Crippen molar-refractivity contribution in [1.82, 2.24) is 9.88 Å². The first-order chi connectivity index (χ1) is 9.78. The zero-order chi connectivity index (χ0) is 13.9. The van der Waals surface area contributed by atoms with Crippen LogP contribution in [0.25, 0.3) is 12.2 Å². The molecule has 1 aromatic heterocycles. The summed E-state index contributed by atoms with van der Waals surface area (Å²) in [6, 6.07) is 2.19. The Hall–Kier alpha value is -1.39. The van der Waals surface area contributed by atoms with Gasteiger partial charge in [0.1, 0.15) is 5.82 Å². The van der Waals surface area contributed by atoms with Gasteiger partial charge in [0.2, 0.25) is 0 Å². The largest absolute Gasteiger partial charge is 0.395 e. The number of hydrogen-bond donors (Lipinski definition) is 1. The molecule has 0 saturated carbocycles. The van der Waals surface area contributed by atoms with E-state index < -0.39 is 0 Å². The average molecular weight is 273 g/mol. The van der Waals surface area contributed by atoms with E-state index in [1.54, 1.807) is 0 Å². The highest BCUT2D eigenvalue weighted by Gasteiger charge is 2.19. The van der Waals surface area contributed by atoms with Gasteiger partial charge in [0.25, 0.3) is 0 Å². The van der Waals surface area contributed by atoms with Gasteiger partial charge in [-0.15, -0.1) is 0 Å². The summed E-state index contributed by atoms with van der Waals surface area (Å²) >= 11 is 0. The van der Waals surface area contributed by atoms with E-state index in [2.05, 4.69) is 34.9 Å². The average Bonchev–Trinajstić information content (AvgIpc) is 2.47. The normalized spacial score (nSPS) is 19.2. The third-order valence-electron chi connectivity index (χ3n) is 4.17. The number of pyridine rings is 1. The second-order valence-electron chi connectivity index (χ2n) is 5.63. The summed E-state index contributed by atoms with van der Waals surface area (Å²) < 4.78 is 0. The van der Waals surface area contributed by atoms with Crippen molar-refractivity contribution in [3.63, 3.8) is 0 Å². The van der Waals surface area contributed by atoms with E-state index in [0.717, 1.165) is 57.1 Å². The van der Waals surface area contributed by atoms with Crippen LogP contribution in [-0.2, 0) is 0 Å². The number of rotatable bonds is 3. The lowest BCUT2D eigenvalue weighted by Gasteiger charge is -2.35. The van der Waals surface area contributed by atoms with Crippen LogP contribution in [0.1, 0.15) is 18.5 Å². The van der Waals surface area contributed by atoms with Crippen molar-refractivity contribution in [2.24, 2.45) is 0 Å². The summed E-state index contributed by atoms with van der Waals surface area (Å²) in [6.45, 7) is 7.12. The van der Waals surface area contributed by atoms with Crippen molar-refractivity contribution in [2.75, 3.05) is 44.2 Å². The topological polar surface area (TPSA) is 39.6 Å². The van der Waals surface area contributed by atoms with Crippen molar-refractivity contribution in [2.45, 2.75) is 19.8 Å². The first-order valence-corrected chi connectivity index (χ1v) is 7.54. The fourth-order valence-electron chi connectivity index (χ4n) is 3.10. The summed E-state index contributed by atoms with van der Waals surface area (Å²) in [6.07, 6.45) is 6.92. The van der Waals surface area contributed by atoms with E-state index in [1.165, 1.54) is 10.4 Å². The van der Waals surface area contributed by atoms with Crippen LogP contribution < -0.4 is 15.3 Å². The third-order valence-corrected chi connectivity index (χ3v) is 4.17. The molecule has 4 nitrogen and oxygen atoms in total. The second kappa shape index (κ2) is 5.94. The number of aromatic nitrogens is 1. The van der Waals surface area contributed by atoms with Crippen molar-refractivity contribution in [3.8, 4) is 0 Å². The van der Waals surface area contributed by atoms with Crippen LogP contribution in [0.5, 0.6) is 0 Å². The van der Waals surface area contributed by atoms with Crippen LogP contribution in [0.15, 0.2) is 6.07 Å². The summed E-state index contributed by atoms with van der Waals surface area (Å²) in [5, 5.41) is 11.7. The molecule has 1 fully saturated rings. The zero-order valence-electron chi connectivity index (χ0n) is 12.2. The van der Waals surface area contributed by atoms with Gasteiger partial charge in [0.15, 0.2) is 0 Å². The fraction of sp³-hybridized carbons (Fsp3) is 0.562. The predicted octanol–water partition coefficient (Wildman–Crippen LogP) is -0.141. The van der Waals surface area contributed by atoms with Crippen LogP contribution in [0.2, 0.25) is 0 Å². The lowest BCUT2D eigenvalue weighted by molar-refractivity contribution is 0.188. The molecular formula is C16H23N3O. The molecule has 0 radical (unpaired) electrons. The monoisotopic (exact) mass is 273 g/mol. The van der Waals surface area contributed by atoms with Gasteiger partial charge in [-0.25, -0.2) is 4.98 Å². The van der Waals surface area contributed by atoms with Crippen molar-refractivity contribution < 1.29 is 5.11 Å². The molecule has 0 amide bonds. The predicted molar refractivity (Wildman–Crippen MR) is 82.1 cm³/mol. The van der Waals surface area contributed by atoms with Gasteiger partial charge in [0.05, 0.1) is 6.61 Å². The Bertz CT molecular complexity index is 588. The SMILES string of the molecule is Cc1cc2c(c(N3CCN(CCO)CC3)n1)=CCCC=2. The number of piperazine rings is 1. The Morgan fingerprint density at radius 1 is 1.15 bits per heavy atom. The first kappa shape index (κ1) is 13.6. The van der Waals surface area contributed by atoms with E-state index in [0.29, 0.717) is 0 Å². The van der Waals surface area contributed by atoms with Crippen molar-refractivity contribution >= 4 is 18.0 Å². The van der Waals surface area contributed by atoms with Gasteiger partial charge in [0, 0.05) is 43.6 Å². The zero-order valence-corrected chi connectivity index (χ0v) is 12.2. The van der Waals surface area contributed by atoms with Crippen LogP contribution in [0, 0.1) is 6.92 Å². The highest BCUT2D eigenvalue weighted by molar-refractivity contribution is 5.51. The van der Waals surface area contributed by atoms with Crippen LogP contribution in [-0.4, -0.2) is 54.3 Å². The minimum Gasteiger partial charge on any atom is -0.395 e. The minimum atomic E-state index is 0.251. The number of anilines is 1. The molecule has 3 rings (SSSR count). The lowest BCUT2D eigenvalue weighted by atomic mass is 10.1. The van der Waals surface area contributed by atoms with E-state index in [9.17, 15) is 0 Å².